The lowest BCUT2D eigenvalue weighted by Crippen LogP contribution is -2.42. The van der Waals surface area contributed by atoms with Crippen molar-refractivity contribution in [3.05, 3.63) is 154 Å². The highest BCUT2D eigenvalue weighted by Crippen LogP contribution is 2.37. The fourth-order valence-corrected chi connectivity index (χ4v) is 8.94. The van der Waals surface area contributed by atoms with E-state index in [1.807, 2.05) is 9.44 Å². The molecule has 340 valence electrons. The first kappa shape index (κ1) is 48.1. The van der Waals surface area contributed by atoms with E-state index in [2.05, 4.69) is 5.32 Å². The zero-order valence-corrected chi connectivity index (χ0v) is 36.6. The summed E-state index contributed by atoms with van der Waals surface area (Å²) in [5.74, 6) is -9.10. The van der Waals surface area contributed by atoms with Gasteiger partial charge in [-0.25, -0.2) is 39.2 Å². The quantitative estimate of drug-likeness (QED) is 0.0719. The maximum atomic E-state index is 14.4. The number of carbonyl (C=O) groups is 2. The second kappa shape index (κ2) is 20.2. The third-order valence-corrected chi connectivity index (χ3v) is 13.1. The number of anilines is 2. The maximum Gasteiger partial charge on any atom is 0.335 e. The summed E-state index contributed by atoms with van der Waals surface area (Å²) in [6.45, 7) is 3.54. The highest BCUT2D eigenvalue weighted by atomic mass is 35.5. The Kier molecular flexibility index (Phi) is 14.9. The first-order chi connectivity index (χ1) is 30.8. The van der Waals surface area contributed by atoms with Gasteiger partial charge in [0.2, 0.25) is 0 Å². The van der Waals surface area contributed by atoms with Crippen molar-refractivity contribution in [2.24, 2.45) is 0 Å². The van der Waals surface area contributed by atoms with E-state index < -0.39 is 98.4 Å². The number of carboxylic acids is 1. The molecule has 2 heterocycles. The van der Waals surface area contributed by atoms with Gasteiger partial charge >= 0.3 is 5.97 Å². The third kappa shape index (κ3) is 11.3. The molecule has 0 aromatic heterocycles. The molecule has 2 saturated heterocycles. The fourth-order valence-electron chi connectivity index (χ4n) is 6.00. The average molecular weight is 976 g/mol. The van der Waals surface area contributed by atoms with Gasteiger partial charge in [0.15, 0.2) is 34.8 Å². The van der Waals surface area contributed by atoms with Crippen LogP contribution in [0.3, 0.4) is 0 Å². The Morgan fingerprint density at radius 1 is 0.585 bits per heavy atom. The van der Waals surface area contributed by atoms with Gasteiger partial charge in [-0.05, 0) is 96.7 Å². The average Bonchev–Trinajstić information content (AvgIpc) is 3.22. The molecule has 0 radical (unpaired) electrons. The number of phenolic OH excluding ortho intramolecular Hbond substituents is 2. The van der Waals surface area contributed by atoms with E-state index in [0.717, 1.165) is 48.9 Å². The molecule has 8 rings (SSSR count). The molecule has 0 atom stereocenters. The Balaban J connectivity index is 0.000000199. The van der Waals surface area contributed by atoms with Crippen molar-refractivity contribution in [3.8, 4) is 33.8 Å². The topological polar surface area (TPSA) is 202 Å². The molecule has 2 aliphatic heterocycles. The molecule has 0 aliphatic carbocycles. The third-order valence-electron chi connectivity index (χ3n) is 9.74. The monoisotopic (exact) mass is 974 g/mol. The van der Waals surface area contributed by atoms with Gasteiger partial charge in [0.1, 0.15) is 9.79 Å². The van der Waals surface area contributed by atoms with Gasteiger partial charge in [-0.15, -0.1) is 0 Å². The number of nitrogens with one attached hydrogen (secondary N) is 3. The van der Waals surface area contributed by atoms with Crippen molar-refractivity contribution in [2.45, 2.75) is 22.6 Å². The molecule has 21 heteroatoms. The number of nitrogens with zero attached hydrogens (tertiary/aromatic N) is 1. The van der Waals surface area contributed by atoms with Crippen LogP contribution in [-0.2, 0) is 20.0 Å². The highest BCUT2D eigenvalue weighted by Gasteiger charge is 2.29. The van der Waals surface area contributed by atoms with E-state index in [-0.39, 0.29) is 21.7 Å². The number of carboxylic acid groups (broad SMARTS) is 1. The Bertz CT molecular complexity index is 3000. The van der Waals surface area contributed by atoms with Crippen molar-refractivity contribution in [1.82, 2.24) is 10.2 Å². The van der Waals surface area contributed by atoms with E-state index in [1.54, 1.807) is 60.7 Å². The molecule has 2 aliphatic rings. The van der Waals surface area contributed by atoms with E-state index in [4.69, 9.17) is 28.3 Å². The minimum Gasteiger partial charge on any atom is -0.505 e. The van der Waals surface area contributed by atoms with Crippen LogP contribution in [0.5, 0.6) is 11.5 Å². The second-order valence-electron chi connectivity index (χ2n) is 14.2. The number of hydrogen-bond donors (Lipinski definition) is 6. The molecule has 0 bridgehead atoms. The number of amides is 1. The van der Waals surface area contributed by atoms with Crippen LogP contribution in [0.2, 0.25) is 10.0 Å². The number of halogens is 6. The molecular weight excluding hydrogens is 940 g/mol. The Morgan fingerprint density at radius 3 is 1.32 bits per heavy atom. The fraction of sp³-hybridized carbons (Fsp3) is 0.136. The summed E-state index contributed by atoms with van der Waals surface area (Å²) < 4.78 is 112. The summed E-state index contributed by atoms with van der Waals surface area (Å²) in [4.78, 5) is 23.5. The second-order valence-corrected chi connectivity index (χ2v) is 18.4. The van der Waals surface area contributed by atoms with Gasteiger partial charge in [0, 0.05) is 18.7 Å². The largest absolute Gasteiger partial charge is 0.505 e. The molecule has 0 spiro atoms. The molecule has 6 N–H and O–H groups in total. The molecule has 13 nitrogen and oxygen atoms in total. The van der Waals surface area contributed by atoms with E-state index >= 15 is 0 Å². The minimum atomic E-state index is -4.72. The summed E-state index contributed by atoms with van der Waals surface area (Å²) in [7, 11) is -9.35. The molecule has 6 aromatic rings. The van der Waals surface area contributed by atoms with E-state index in [9.17, 15) is 54.2 Å². The van der Waals surface area contributed by atoms with E-state index in [0.29, 0.717) is 30.3 Å². The molecule has 0 saturated carbocycles. The summed E-state index contributed by atoms with van der Waals surface area (Å²) in [5, 5.41) is 31.5. The highest BCUT2D eigenvalue weighted by molar-refractivity contribution is 7.93. The lowest BCUT2D eigenvalue weighted by atomic mass is 10.0. The predicted molar refractivity (Wildman–Crippen MR) is 236 cm³/mol. The Hall–Kier alpha value is -6.38. The molecule has 65 heavy (non-hydrogen) atoms. The number of hydrogen-bond acceptors (Lipinski definition) is 9. The number of aromatic hydroxyl groups is 2. The van der Waals surface area contributed by atoms with Crippen molar-refractivity contribution in [2.75, 3.05) is 35.6 Å². The molecule has 2 fully saturated rings. The molecule has 1 amide bonds. The van der Waals surface area contributed by atoms with Crippen LogP contribution in [0.4, 0.5) is 28.9 Å². The number of sulfonamides is 2. The number of aromatic carboxylic acids is 1. The van der Waals surface area contributed by atoms with Crippen molar-refractivity contribution >= 4 is 66.5 Å². The number of likely N-dealkylation sites (tertiary alicyclic amines) is 1. The lowest BCUT2D eigenvalue weighted by molar-refractivity contribution is 0.0650. The Morgan fingerprint density at radius 2 is 0.969 bits per heavy atom. The van der Waals surface area contributed by atoms with Crippen LogP contribution in [-0.4, -0.2) is 75.1 Å². The molecule has 6 aromatic carbocycles. The summed E-state index contributed by atoms with van der Waals surface area (Å²) >= 11 is 11.6. The van der Waals surface area contributed by atoms with Crippen molar-refractivity contribution in [1.29, 1.82) is 0 Å². The smallest absolute Gasteiger partial charge is 0.335 e. The number of benzene rings is 6. The first-order valence-corrected chi connectivity index (χ1v) is 22.9. The maximum absolute atomic E-state index is 14.4. The zero-order valence-electron chi connectivity index (χ0n) is 33.5. The van der Waals surface area contributed by atoms with Crippen LogP contribution in [0.25, 0.3) is 22.3 Å². The van der Waals surface area contributed by atoms with Crippen molar-refractivity contribution < 1.29 is 59.3 Å². The number of rotatable bonds is 10. The summed E-state index contributed by atoms with van der Waals surface area (Å²) in [6, 6.07) is 24.4. The first-order valence-electron chi connectivity index (χ1n) is 19.2. The van der Waals surface area contributed by atoms with Crippen LogP contribution in [0, 0.1) is 23.3 Å². The standard InChI is InChI=1S/C22H17ClF2N2O4S.C19H12ClF2NO5S.C3H7N/c23-16-9-15(22(29)27-7-4-8-27)12-19(21(16)28)32(30,31)26-18-11-14(10-17(24)20(18)25)13-5-2-1-3-6-13;20-13-6-12(19(25)26)9-16(18(13)24)29(27,28)23-15-8-11(7-14(21)17(15)22)10-4-2-1-3-5-10;1-2-4-3-1/h1-3,5-6,9-12,26,28H,4,7-8H2;1-9,23-24H,(H,25,26);4H,1-3H2. The number of carbonyl (C=O) groups excluding carboxylic acids is 1. The Labute approximate surface area is 380 Å². The van der Waals surface area contributed by atoms with Gasteiger partial charge in [0.25, 0.3) is 26.0 Å². The van der Waals surface area contributed by atoms with Gasteiger partial charge < -0.3 is 25.5 Å². The van der Waals surface area contributed by atoms with Gasteiger partial charge in [0.05, 0.1) is 27.0 Å². The van der Waals surface area contributed by atoms with Gasteiger partial charge in [-0.1, -0.05) is 83.9 Å². The zero-order chi connectivity index (χ0) is 47.2. The SMILES string of the molecule is C1CNC1.O=C(O)c1cc(Cl)c(O)c(S(=O)(=O)Nc2cc(-c3ccccc3)cc(F)c2F)c1.O=C(c1cc(Cl)c(O)c(S(=O)(=O)Nc2cc(-c3ccccc3)cc(F)c2F)c1)N1CCC1. The van der Waals surface area contributed by atoms with Crippen LogP contribution in [0.15, 0.2) is 119 Å². The molecular formula is C44H36Cl2F4N4O9S2. The normalized spacial score (nSPS) is 13.2. The van der Waals surface area contributed by atoms with Crippen LogP contribution >= 0.6 is 23.2 Å². The predicted octanol–water partition coefficient (Wildman–Crippen LogP) is 9.11. The van der Waals surface area contributed by atoms with Crippen LogP contribution < -0.4 is 14.8 Å². The van der Waals surface area contributed by atoms with Crippen molar-refractivity contribution in [3.63, 3.8) is 0 Å². The van der Waals surface area contributed by atoms with Gasteiger partial charge in [-0.2, -0.15) is 0 Å². The summed E-state index contributed by atoms with van der Waals surface area (Å²) in [6.07, 6.45) is 2.22. The van der Waals surface area contributed by atoms with Crippen LogP contribution in [0.1, 0.15) is 33.6 Å². The number of phenols is 2. The summed E-state index contributed by atoms with van der Waals surface area (Å²) in [5.41, 5.74) is -0.449. The minimum absolute atomic E-state index is 0.0439. The molecule has 0 unspecified atom stereocenters. The van der Waals surface area contributed by atoms with E-state index in [1.165, 1.54) is 24.4 Å². The lowest BCUT2D eigenvalue weighted by Gasteiger charge is -2.31. The van der Waals surface area contributed by atoms with Gasteiger partial charge in [-0.3, -0.25) is 14.2 Å².